The zero-order chi connectivity index (χ0) is 20.6. The molecule has 2 aliphatic heterocycles. The van der Waals surface area contributed by atoms with Gasteiger partial charge in [0.05, 0.1) is 11.4 Å². The summed E-state index contributed by atoms with van der Waals surface area (Å²) in [6.45, 7) is 2.65. The first-order chi connectivity index (χ1) is 13.9. The number of rotatable bonds is 4. The number of para-hydroxylation sites is 2. The summed E-state index contributed by atoms with van der Waals surface area (Å²) in [5, 5.41) is 0. The van der Waals surface area contributed by atoms with Gasteiger partial charge in [0.2, 0.25) is 15.9 Å². The second-order valence-electron chi connectivity index (χ2n) is 7.35. The third-order valence-electron chi connectivity index (χ3n) is 5.29. The number of fused-ring (bicyclic) bond motifs is 2. The summed E-state index contributed by atoms with van der Waals surface area (Å²) in [5.41, 5.74) is 1.68. The standard InChI is InChI=1S/C21H24N2O5S/c1-15(24)23-11-5-6-16-12-18(9-10-19(16)23)29(25,26)22(2)13-17-14-27-20-7-3-4-8-21(20)28-17/h3-4,7-10,12,17H,5-6,11,13-14H2,1-2H3/t17-/m0/s1. The first-order valence-corrected chi connectivity index (χ1v) is 11.1. The summed E-state index contributed by atoms with van der Waals surface area (Å²) in [7, 11) is -2.15. The molecule has 2 heterocycles. The Hall–Kier alpha value is -2.58. The molecule has 2 aromatic rings. The molecule has 0 N–H and O–H groups in total. The predicted octanol–water partition coefficient (Wildman–Crippen LogP) is 2.45. The summed E-state index contributed by atoms with van der Waals surface area (Å²) in [6.07, 6.45) is 1.18. The number of likely N-dealkylation sites (N-methyl/N-ethyl adjacent to an activating group) is 1. The summed E-state index contributed by atoms with van der Waals surface area (Å²) < 4.78 is 39.1. The highest BCUT2D eigenvalue weighted by atomic mass is 32.2. The second kappa shape index (κ2) is 7.68. The number of aryl methyl sites for hydroxylation is 1. The van der Waals surface area contributed by atoms with Crippen molar-refractivity contribution >= 4 is 21.6 Å². The van der Waals surface area contributed by atoms with Crippen LogP contribution in [0, 0.1) is 0 Å². The number of hydrogen-bond acceptors (Lipinski definition) is 5. The van der Waals surface area contributed by atoms with E-state index in [1.165, 1.54) is 11.2 Å². The van der Waals surface area contributed by atoms with Gasteiger partial charge in [0.25, 0.3) is 0 Å². The molecule has 0 saturated heterocycles. The van der Waals surface area contributed by atoms with Gasteiger partial charge in [-0.05, 0) is 48.7 Å². The van der Waals surface area contributed by atoms with Crippen molar-refractivity contribution in [3.05, 3.63) is 48.0 Å². The first kappa shape index (κ1) is 19.7. The lowest BCUT2D eigenvalue weighted by Crippen LogP contribution is -2.41. The van der Waals surface area contributed by atoms with Crippen molar-refractivity contribution in [2.24, 2.45) is 0 Å². The minimum atomic E-state index is -3.69. The van der Waals surface area contributed by atoms with E-state index in [9.17, 15) is 13.2 Å². The van der Waals surface area contributed by atoms with E-state index in [1.54, 1.807) is 36.2 Å². The van der Waals surface area contributed by atoms with E-state index < -0.39 is 16.1 Å². The number of ether oxygens (including phenoxy) is 2. The Balaban J connectivity index is 1.52. The molecular formula is C21H24N2O5S. The number of amides is 1. The van der Waals surface area contributed by atoms with Crippen molar-refractivity contribution in [3.63, 3.8) is 0 Å². The zero-order valence-electron chi connectivity index (χ0n) is 16.5. The molecule has 29 heavy (non-hydrogen) atoms. The normalized spacial score (nSPS) is 18.4. The molecule has 0 spiro atoms. The molecule has 1 atom stereocenters. The number of benzene rings is 2. The molecule has 0 saturated carbocycles. The van der Waals surface area contributed by atoms with Crippen LogP contribution < -0.4 is 14.4 Å². The summed E-state index contributed by atoms with van der Waals surface area (Å²) >= 11 is 0. The van der Waals surface area contributed by atoms with Crippen LogP contribution in [0.4, 0.5) is 5.69 Å². The number of sulfonamides is 1. The SMILES string of the molecule is CC(=O)N1CCCc2cc(S(=O)(=O)N(C)C[C@H]3COc4ccccc4O3)ccc21. The Morgan fingerprint density at radius 2 is 1.97 bits per heavy atom. The third-order valence-corrected chi connectivity index (χ3v) is 7.11. The first-order valence-electron chi connectivity index (χ1n) is 9.62. The molecule has 2 aliphatic rings. The Labute approximate surface area is 170 Å². The van der Waals surface area contributed by atoms with Gasteiger partial charge >= 0.3 is 0 Å². The highest BCUT2D eigenvalue weighted by Crippen LogP contribution is 2.32. The fourth-order valence-electron chi connectivity index (χ4n) is 3.78. The molecular weight excluding hydrogens is 392 g/mol. The van der Waals surface area contributed by atoms with E-state index in [2.05, 4.69) is 0 Å². The lowest BCUT2D eigenvalue weighted by Gasteiger charge is -2.30. The molecule has 154 valence electrons. The Morgan fingerprint density at radius 3 is 2.72 bits per heavy atom. The maximum atomic E-state index is 13.1. The van der Waals surface area contributed by atoms with Crippen LogP contribution in [0.25, 0.3) is 0 Å². The number of anilines is 1. The van der Waals surface area contributed by atoms with Gasteiger partial charge in [0, 0.05) is 26.2 Å². The Morgan fingerprint density at radius 1 is 1.21 bits per heavy atom. The molecule has 1 amide bonds. The van der Waals surface area contributed by atoms with Crippen molar-refractivity contribution in [2.75, 3.05) is 31.6 Å². The topological polar surface area (TPSA) is 76.2 Å². The predicted molar refractivity (Wildman–Crippen MR) is 109 cm³/mol. The summed E-state index contributed by atoms with van der Waals surface area (Å²) in [6, 6.07) is 12.3. The highest BCUT2D eigenvalue weighted by Gasteiger charge is 2.29. The molecule has 7 nitrogen and oxygen atoms in total. The zero-order valence-corrected chi connectivity index (χ0v) is 17.3. The summed E-state index contributed by atoms with van der Waals surface area (Å²) in [5.74, 6) is 1.25. The lowest BCUT2D eigenvalue weighted by atomic mass is 10.0. The van der Waals surface area contributed by atoms with E-state index in [-0.39, 0.29) is 24.0 Å². The second-order valence-corrected chi connectivity index (χ2v) is 9.39. The van der Waals surface area contributed by atoms with Crippen LogP contribution in [-0.4, -0.2) is 51.5 Å². The van der Waals surface area contributed by atoms with Crippen LogP contribution in [0.1, 0.15) is 18.9 Å². The van der Waals surface area contributed by atoms with Crippen molar-refractivity contribution in [1.82, 2.24) is 4.31 Å². The van der Waals surface area contributed by atoms with Crippen molar-refractivity contribution < 1.29 is 22.7 Å². The van der Waals surface area contributed by atoms with Gasteiger partial charge in [-0.1, -0.05) is 12.1 Å². The maximum absolute atomic E-state index is 13.1. The van der Waals surface area contributed by atoms with Crippen LogP contribution in [0.2, 0.25) is 0 Å². The maximum Gasteiger partial charge on any atom is 0.242 e. The van der Waals surface area contributed by atoms with Crippen LogP contribution >= 0.6 is 0 Å². The van der Waals surface area contributed by atoms with Crippen LogP contribution in [0.5, 0.6) is 11.5 Å². The van der Waals surface area contributed by atoms with E-state index in [1.807, 2.05) is 18.2 Å². The van der Waals surface area contributed by atoms with E-state index >= 15 is 0 Å². The Kier molecular flexibility index (Phi) is 5.23. The lowest BCUT2D eigenvalue weighted by molar-refractivity contribution is -0.116. The minimum Gasteiger partial charge on any atom is -0.486 e. The monoisotopic (exact) mass is 416 g/mol. The van der Waals surface area contributed by atoms with E-state index in [0.29, 0.717) is 18.0 Å². The van der Waals surface area contributed by atoms with Gasteiger partial charge in [-0.2, -0.15) is 4.31 Å². The fraction of sp³-hybridized carbons (Fsp3) is 0.381. The van der Waals surface area contributed by atoms with Crippen molar-refractivity contribution in [3.8, 4) is 11.5 Å². The smallest absolute Gasteiger partial charge is 0.242 e. The largest absolute Gasteiger partial charge is 0.486 e. The molecule has 0 fully saturated rings. The molecule has 0 aliphatic carbocycles. The molecule has 0 bridgehead atoms. The average molecular weight is 416 g/mol. The number of carbonyl (C=O) groups excluding carboxylic acids is 1. The van der Waals surface area contributed by atoms with Gasteiger partial charge in [-0.15, -0.1) is 0 Å². The third kappa shape index (κ3) is 3.82. The minimum absolute atomic E-state index is 0.0339. The molecule has 2 aromatic carbocycles. The van der Waals surface area contributed by atoms with E-state index in [4.69, 9.17) is 9.47 Å². The van der Waals surface area contributed by atoms with Crippen LogP contribution in [0.3, 0.4) is 0 Å². The molecule has 8 heteroatoms. The average Bonchev–Trinajstić information content (AvgIpc) is 2.72. The van der Waals surface area contributed by atoms with E-state index in [0.717, 1.165) is 24.1 Å². The van der Waals surface area contributed by atoms with Gasteiger partial charge in [0.15, 0.2) is 11.5 Å². The van der Waals surface area contributed by atoms with Gasteiger partial charge < -0.3 is 14.4 Å². The Bertz CT molecular complexity index is 1040. The van der Waals surface area contributed by atoms with Crippen molar-refractivity contribution in [2.45, 2.75) is 30.8 Å². The molecule has 0 radical (unpaired) electrons. The number of nitrogens with zero attached hydrogens (tertiary/aromatic N) is 2. The van der Waals surface area contributed by atoms with Gasteiger partial charge in [-0.25, -0.2) is 8.42 Å². The molecule has 0 unspecified atom stereocenters. The fourth-order valence-corrected chi connectivity index (χ4v) is 5.03. The highest BCUT2D eigenvalue weighted by molar-refractivity contribution is 7.89. The molecule has 4 rings (SSSR count). The quantitative estimate of drug-likeness (QED) is 0.765. The van der Waals surface area contributed by atoms with Gasteiger partial charge in [0.1, 0.15) is 12.7 Å². The number of carbonyl (C=O) groups is 1. The molecule has 0 aromatic heterocycles. The summed E-state index contributed by atoms with van der Waals surface area (Å²) in [4.78, 5) is 13.8. The van der Waals surface area contributed by atoms with Gasteiger partial charge in [-0.3, -0.25) is 4.79 Å². The van der Waals surface area contributed by atoms with Crippen molar-refractivity contribution in [1.29, 1.82) is 0 Å². The number of hydrogen-bond donors (Lipinski definition) is 0. The van der Waals surface area contributed by atoms with Crippen LogP contribution in [0.15, 0.2) is 47.4 Å². The van der Waals surface area contributed by atoms with Crippen LogP contribution in [-0.2, 0) is 21.2 Å².